The minimum absolute atomic E-state index is 0.102. The van der Waals surface area contributed by atoms with Crippen LogP contribution in [0.25, 0.3) is 0 Å². The van der Waals surface area contributed by atoms with Crippen molar-refractivity contribution in [1.82, 2.24) is 9.97 Å². The zero-order chi connectivity index (χ0) is 18.5. The van der Waals surface area contributed by atoms with E-state index in [2.05, 4.69) is 20.6 Å². The van der Waals surface area contributed by atoms with E-state index in [1.54, 1.807) is 24.3 Å². The van der Waals surface area contributed by atoms with Crippen LogP contribution < -0.4 is 10.6 Å². The molecule has 0 atom stereocenters. The van der Waals surface area contributed by atoms with Crippen molar-refractivity contribution in [3.8, 4) is 6.07 Å². The molecule has 0 unspecified atom stereocenters. The Bertz CT molecular complexity index is 999. The topological polar surface area (TPSA) is 90.7 Å². The summed E-state index contributed by atoms with van der Waals surface area (Å²) in [5.74, 6) is -2.02. The molecule has 2 aromatic carbocycles. The third-order valence-electron chi connectivity index (χ3n) is 3.34. The molecule has 0 radical (unpaired) electrons. The third kappa shape index (κ3) is 3.96. The smallest absolute Gasteiger partial charge is 0.258 e. The number of halogens is 2. The summed E-state index contributed by atoms with van der Waals surface area (Å²) >= 11 is 0. The van der Waals surface area contributed by atoms with Crippen molar-refractivity contribution < 1.29 is 13.6 Å². The Hall–Kier alpha value is -3.86. The van der Waals surface area contributed by atoms with Gasteiger partial charge in [0.25, 0.3) is 5.91 Å². The standard InChI is InChI=1S/C18H11F2N5O/c19-13-4-5-16(15(20)7-13)25-17(26)12-9-22-18(23-10-12)24-14-3-1-2-11(6-14)8-21/h1-7,9-10H,(H,25,26)(H,22,23,24). The predicted molar refractivity (Wildman–Crippen MR) is 90.8 cm³/mol. The molecule has 0 aliphatic rings. The number of aromatic nitrogens is 2. The minimum atomic E-state index is -0.880. The van der Waals surface area contributed by atoms with E-state index in [-0.39, 0.29) is 17.2 Å². The number of hydrogen-bond acceptors (Lipinski definition) is 5. The molecule has 128 valence electrons. The molecule has 0 saturated heterocycles. The van der Waals surface area contributed by atoms with Crippen molar-refractivity contribution in [2.75, 3.05) is 10.6 Å². The second-order valence-electron chi connectivity index (χ2n) is 5.19. The highest BCUT2D eigenvalue weighted by Gasteiger charge is 2.11. The Labute approximate surface area is 147 Å². The molecule has 8 heteroatoms. The van der Waals surface area contributed by atoms with Crippen molar-refractivity contribution in [3.63, 3.8) is 0 Å². The van der Waals surface area contributed by atoms with Crippen LogP contribution in [0.15, 0.2) is 54.9 Å². The van der Waals surface area contributed by atoms with E-state index < -0.39 is 17.5 Å². The van der Waals surface area contributed by atoms with Gasteiger partial charge < -0.3 is 10.6 Å². The van der Waals surface area contributed by atoms with Crippen LogP contribution in [0.3, 0.4) is 0 Å². The van der Waals surface area contributed by atoms with Crippen molar-refractivity contribution >= 4 is 23.2 Å². The van der Waals surface area contributed by atoms with Gasteiger partial charge in [0.05, 0.1) is 22.9 Å². The number of nitriles is 1. The molecule has 0 fully saturated rings. The number of hydrogen-bond donors (Lipinski definition) is 2. The first-order valence-corrected chi connectivity index (χ1v) is 7.41. The van der Waals surface area contributed by atoms with Crippen molar-refractivity contribution in [2.24, 2.45) is 0 Å². The third-order valence-corrected chi connectivity index (χ3v) is 3.34. The average molecular weight is 351 g/mol. The summed E-state index contributed by atoms with van der Waals surface area (Å²) in [6.07, 6.45) is 2.53. The van der Waals surface area contributed by atoms with Gasteiger partial charge >= 0.3 is 0 Å². The zero-order valence-corrected chi connectivity index (χ0v) is 13.2. The second-order valence-corrected chi connectivity index (χ2v) is 5.19. The zero-order valence-electron chi connectivity index (χ0n) is 13.2. The summed E-state index contributed by atoms with van der Waals surface area (Å²) in [4.78, 5) is 20.1. The van der Waals surface area contributed by atoms with Crippen LogP contribution >= 0.6 is 0 Å². The monoisotopic (exact) mass is 351 g/mol. The lowest BCUT2D eigenvalue weighted by atomic mass is 10.2. The SMILES string of the molecule is N#Cc1cccc(Nc2ncc(C(=O)Nc3ccc(F)cc3F)cn2)c1. The van der Waals surface area contributed by atoms with Crippen LogP contribution in [-0.2, 0) is 0 Å². The quantitative estimate of drug-likeness (QED) is 0.749. The second kappa shape index (κ2) is 7.36. The van der Waals surface area contributed by atoms with E-state index in [9.17, 15) is 13.6 Å². The highest BCUT2D eigenvalue weighted by Crippen LogP contribution is 2.17. The lowest BCUT2D eigenvalue weighted by molar-refractivity contribution is 0.102. The van der Waals surface area contributed by atoms with E-state index in [4.69, 9.17) is 5.26 Å². The fourth-order valence-corrected chi connectivity index (χ4v) is 2.09. The number of carbonyl (C=O) groups is 1. The van der Waals surface area contributed by atoms with Crippen LogP contribution in [0.1, 0.15) is 15.9 Å². The molecule has 3 aromatic rings. The summed E-state index contributed by atoms with van der Waals surface area (Å²) < 4.78 is 26.5. The molecule has 0 aliphatic carbocycles. The first-order valence-electron chi connectivity index (χ1n) is 7.41. The molecule has 3 rings (SSSR count). The number of anilines is 3. The molecule has 1 heterocycles. The van der Waals surface area contributed by atoms with Crippen LogP contribution in [-0.4, -0.2) is 15.9 Å². The molecular formula is C18H11F2N5O. The minimum Gasteiger partial charge on any atom is -0.324 e. The summed E-state index contributed by atoms with van der Waals surface area (Å²) in [5, 5.41) is 14.1. The van der Waals surface area contributed by atoms with Gasteiger partial charge in [-0.3, -0.25) is 4.79 Å². The highest BCUT2D eigenvalue weighted by atomic mass is 19.1. The van der Waals surface area contributed by atoms with Crippen molar-refractivity contribution in [1.29, 1.82) is 5.26 Å². The van der Waals surface area contributed by atoms with Gasteiger partial charge in [-0.15, -0.1) is 0 Å². The van der Waals surface area contributed by atoms with Crippen LogP contribution in [0, 0.1) is 23.0 Å². The Balaban J connectivity index is 1.70. The average Bonchev–Trinajstić information content (AvgIpc) is 2.64. The number of nitrogens with one attached hydrogen (secondary N) is 2. The van der Waals surface area contributed by atoms with Gasteiger partial charge in [0.15, 0.2) is 0 Å². The molecule has 1 aromatic heterocycles. The lowest BCUT2D eigenvalue weighted by Gasteiger charge is -2.07. The first-order chi connectivity index (χ1) is 12.5. The molecule has 0 spiro atoms. The summed E-state index contributed by atoms with van der Waals surface area (Å²) in [6.45, 7) is 0. The Morgan fingerprint density at radius 3 is 2.54 bits per heavy atom. The van der Waals surface area contributed by atoms with Gasteiger partial charge in [-0.05, 0) is 30.3 Å². The van der Waals surface area contributed by atoms with E-state index >= 15 is 0 Å². The summed E-state index contributed by atoms with van der Waals surface area (Å²) in [7, 11) is 0. The van der Waals surface area contributed by atoms with Gasteiger partial charge in [0.2, 0.25) is 5.95 Å². The van der Waals surface area contributed by atoms with E-state index in [1.807, 2.05) is 6.07 Å². The van der Waals surface area contributed by atoms with Gasteiger partial charge in [-0.25, -0.2) is 18.7 Å². The van der Waals surface area contributed by atoms with Gasteiger partial charge in [-0.2, -0.15) is 5.26 Å². The fraction of sp³-hybridized carbons (Fsp3) is 0. The van der Waals surface area contributed by atoms with Crippen LogP contribution in [0.2, 0.25) is 0 Å². The van der Waals surface area contributed by atoms with Crippen LogP contribution in [0.5, 0.6) is 0 Å². The summed E-state index contributed by atoms with van der Waals surface area (Å²) in [6, 6.07) is 11.6. The first kappa shape index (κ1) is 17.0. The number of carbonyl (C=O) groups excluding carboxylic acids is 1. The van der Waals surface area contributed by atoms with Gasteiger partial charge in [0.1, 0.15) is 11.6 Å². The fourth-order valence-electron chi connectivity index (χ4n) is 2.09. The van der Waals surface area contributed by atoms with E-state index in [0.29, 0.717) is 17.3 Å². The molecule has 0 bridgehead atoms. The molecule has 0 saturated carbocycles. The maximum atomic E-state index is 13.6. The van der Waals surface area contributed by atoms with Crippen molar-refractivity contribution in [2.45, 2.75) is 0 Å². The largest absolute Gasteiger partial charge is 0.324 e. The highest BCUT2D eigenvalue weighted by molar-refractivity contribution is 6.03. The molecule has 1 amide bonds. The normalized spacial score (nSPS) is 10.0. The number of nitrogens with zero attached hydrogens (tertiary/aromatic N) is 3. The van der Waals surface area contributed by atoms with Gasteiger partial charge in [-0.1, -0.05) is 6.07 Å². The predicted octanol–water partition coefficient (Wildman–Crippen LogP) is 3.62. The molecule has 0 aliphatic heterocycles. The van der Waals surface area contributed by atoms with E-state index in [1.165, 1.54) is 12.4 Å². The maximum Gasteiger partial charge on any atom is 0.258 e. The molecule has 26 heavy (non-hydrogen) atoms. The van der Waals surface area contributed by atoms with Gasteiger partial charge in [0, 0.05) is 24.1 Å². The Morgan fingerprint density at radius 2 is 1.85 bits per heavy atom. The van der Waals surface area contributed by atoms with Crippen molar-refractivity contribution in [3.05, 3.63) is 77.6 Å². The lowest BCUT2D eigenvalue weighted by Crippen LogP contribution is -2.14. The van der Waals surface area contributed by atoms with Crippen LogP contribution in [0.4, 0.5) is 26.1 Å². The maximum absolute atomic E-state index is 13.6. The number of rotatable bonds is 4. The summed E-state index contributed by atoms with van der Waals surface area (Å²) in [5.41, 5.74) is 1.05. The Morgan fingerprint density at radius 1 is 1.08 bits per heavy atom. The van der Waals surface area contributed by atoms with E-state index in [0.717, 1.165) is 12.1 Å². The number of benzene rings is 2. The Kier molecular flexibility index (Phi) is 4.80. The molecule has 2 N–H and O–H groups in total. The molecule has 6 nitrogen and oxygen atoms in total. The molecular weight excluding hydrogens is 340 g/mol. The number of amides is 1.